The van der Waals surface area contributed by atoms with Gasteiger partial charge in [-0.2, -0.15) is 11.8 Å². The van der Waals surface area contributed by atoms with Gasteiger partial charge in [0, 0.05) is 18.1 Å². The average molecular weight is 261 g/mol. The van der Waals surface area contributed by atoms with Crippen LogP contribution in [-0.2, 0) is 9.53 Å². The van der Waals surface area contributed by atoms with Crippen LogP contribution in [0.3, 0.4) is 0 Å². The number of likely N-dealkylation sites (N-methyl/N-ethyl adjacent to an activating group) is 1. The summed E-state index contributed by atoms with van der Waals surface area (Å²) in [6.45, 7) is 7.39. The Labute approximate surface area is 105 Å². The van der Waals surface area contributed by atoms with Crippen molar-refractivity contribution in [1.82, 2.24) is 4.90 Å². The topological polar surface area (TPSA) is 66.8 Å². The molecule has 0 aliphatic carbocycles. The minimum Gasteiger partial charge on any atom is -0.479 e. The molecule has 1 amide bonds. The van der Waals surface area contributed by atoms with Crippen LogP contribution in [0.4, 0.5) is 4.79 Å². The highest BCUT2D eigenvalue weighted by molar-refractivity contribution is 8.01. The van der Waals surface area contributed by atoms with Gasteiger partial charge in [0.05, 0.1) is 0 Å². The third-order valence-corrected chi connectivity index (χ3v) is 3.89. The molecular weight excluding hydrogens is 242 g/mol. The Morgan fingerprint density at radius 1 is 1.41 bits per heavy atom. The van der Waals surface area contributed by atoms with E-state index >= 15 is 0 Å². The fourth-order valence-electron chi connectivity index (χ4n) is 1.61. The van der Waals surface area contributed by atoms with E-state index in [1.807, 2.05) is 0 Å². The van der Waals surface area contributed by atoms with Crippen molar-refractivity contribution in [1.29, 1.82) is 0 Å². The second-order valence-electron chi connectivity index (χ2n) is 5.05. The van der Waals surface area contributed by atoms with Crippen LogP contribution in [0.15, 0.2) is 0 Å². The number of carbonyl (C=O) groups is 2. The normalized spacial score (nSPS) is 18.1. The summed E-state index contributed by atoms with van der Waals surface area (Å²) in [6.07, 6.45) is -0.553. The number of carboxylic acids is 1. The third-order valence-electron chi connectivity index (χ3n) is 2.53. The van der Waals surface area contributed by atoms with E-state index in [0.717, 1.165) is 0 Å². The molecule has 17 heavy (non-hydrogen) atoms. The number of hydrogen-bond donors (Lipinski definition) is 1. The quantitative estimate of drug-likeness (QED) is 0.839. The Hall–Kier alpha value is -0.910. The fraction of sp³-hybridized carbons (Fsp3) is 0.818. The van der Waals surface area contributed by atoms with Gasteiger partial charge in [-0.15, -0.1) is 0 Å². The van der Waals surface area contributed by atoms with Crippen molar-refractivity contribution in [2.75, 3.05) is 18.1 Å². The van der Waals surface area contributed by atoms with Crippen molar-refractivity contribution in [3.63, 3.8) is 0 Å². The monoisotopic (exact) mass is 261 g/mol. The van der Waals surface area contributed by atoms with Crippen LogP contribution < -0.4 is 0 Å². The number of carboxylic acid groups (broad SMARTS) is 1. The zero-order valence-corrected chi connectivity index (χ0v) is 11.5. The Bertz CT molecular complexity index is 320. The van der Waals surface area contributed by atoms with E-state index in [-0.39, 0.29) is 0 Å². The van der Waals surface area contributed by atoms with Crippen LogP contribution in [-0.4, -0.2) is 51.3 Å². The number of thioether (sulfide) groups is 1. The predicted octanol–water partition coefficient (Wildman–Crippen LogP) is 1.81. The first-order valence-electron chi connectivity index (χ1n) is 5.55. The summed E-state index contributed by atoms with van der Waals surface area (Å²) in [4.78, 5) is 24.6. The highest BCUT2D eigenvalue weighted by Crippen LogP contribution is 2.36. The molecule has 0 atom stereocenters. The Morgan fingerprint density at radius 2 is 1.94 bits per heavy atom. The summed E-state index contributed by atoms with van der Waals surface area (Å²) in [5, 5.41) is 9.27. The van der Waals surface area contributed by atoms with E-state index in [2.05, 4.69) is 0 Å². The molecule has 1 aliphatic heterocycles. The standard InChI is InChI=1S/C11H19NO4S/c1-5-12(9(15)16-10(2,3)4)11(8(13)14)6-17-7-11/h5-7H2,1-4H3,(H,13,14). The molecule has 1 fully saturated rings. The van der Waals surface area contributed by atoms with Crippen LogP contribution in [0.1, 0.15) is 27.7 Å². The molecular formula is C11H19NO4S. The van der Waals surface area contributed by atoms with Crippen molar-refractivity contribution < 1.29 is 19.4 Å². The largest absolute Gasteiger partial charge is 0.479 e. The number of rotatable bonds is 3. The Kier molecular flexibility index (Phi) is 3.96. The summed E-state index contributed by atoms with van der Waals surface area (Å²) < 4.78 is 5.24. The van der Waals surface area contributed by atoms with Crippen LogP contribution in [0.5, 0.6) is 0 Å². The number of ether oxygens (including phenoxy) is 1. The van der Waals surface area contributed by atoms with E-state index < -0.39 is 23.2 Å². The van der Waals surface area contributed by atoms with Gasteiger partial charge in [-0.3, -0.25) is 4.90 Å². The number of hydrogen-bond acceptors (Lipinski definition) is 4. The highest BCUT2D eigenvalue weighted by Gasteiger charge is 2.52. The number of amides is 1. The number of aliphatic carboxylic acids is 1. The molecule has 6 heteroatoms. The van der Waals surface area contributed by atoms with Gasteiger partial charge < -0.3 is 9.84 Å². The molecule has 0 radical (unpaired) electrons. The van der Waals surface area contributed by atoms with Crippen molar-refractivity contribution in [3.8, 4) is 0 Å². The van der Waals surface area contributed by atoms with Crippen molar-refractivity contribution in [2.45, 2.75) is 38.8 Å². The molecule has 1 heterocycles. The molecule has 5 nitrogen and oxygen atoms in total. The molecule has 0 unspecified atom stereocenters. The molecule has 1 saturated heterocycles. The maximum absolute atomic E-state index is 12.0. The van der Waals surface area contributed by atoms with Crippen molar-refractivity contribution >= 4 is 23.8 Å². The number of nitrogens with zero attached hydrogens (tertiary/aromatic N) is 1. The van der Waals surface area contributed by atoms with Crippen LogP contribution in [0, 0.1) is 0 Å². The van der Waals surface area contributed by atoms with Gasteiger partial charge in [-0.1, -0.05) is 0 Å². The minimum atomic E-state index is -1.08. The van der Waals surface area contributed by atoms with Crippen molar-refractivity contribution in [2.24, 2.45) is 0 Å². The maximum atomic E-state index is 12.0. The first-order valence-corrected chi connectivity index (χ1v) is 6.70. The Morgan fingerprint density at radius 3 is 2.18 bits per heavy atom. The molecule has 1 rings (SSSR count). The molecule has 98 valence electrons. The summed E-state index contributed by atoms with van der Waals surface area (Å²) >= 11 is 1.52. The zero-order chi connectivity index (χ0) is 13.3. The minimum absolute atomic E-state index is 0.335. The van der Waals surface area contributed by atoms with E-state index in [0.29, 0.717) is 18.1 Å². The van der Waals surface area contributed by atoms with Gasteiger partial charge in [-0.05, 0) is 27.7 Å². The summed E-state index contributed by atoms with van der Waals surface area (Å²) in [6, 6.07) is 0. The van der Waals surface area contributed by atoms with Gasteiger partial charge in [0.1, 0.15) is 5.60 Å². The van der Waals surface area contributed by atoms with Crippen LogP contribution in [0.2, 0.25) is 0 Å². The summed E-state index contributed by atoms with van der Waals surface area (Å²) in [7, 11) is 0. The second kappa shape index (κ2) is 4.76. The van der Waals surface area contributed by atoms with Crippen molar-refractivity contribution in [3.05, 3.63) is 0 Å². The SMILES string of the molecule is CCN(C(=O)OC(C)(C)C)C1(C(=O)O)CSC1. The molecule has 0 spiro atoms. The molecule has 1 aliphatic rings. The number of carbonyl (C=O) groups excluding carboxylic acids is 1. The van der Waals surface area contributed by atoms with Gasteiger partial charge in [0.2, 0.25) is 0 Å². The molecule has 0 saturated carbocycles. The highest BCUT2D eigenvalue weighted by atomic mass is 32.2. The first-order chi connectivity index (χ1) is 7.73. The lowest BCUT2D eigenvalue weighted by atomic mass is 10.0. The molecule has 1 N–H and O–H groups in total. The van der Waals surface area contributed by atoms with E-state index in [9.17, 15) is 14.7 Å². The molecule has 0 aromatic carbocycles. The van der Waals surface area contributed by atoms with E-state index in [4.69, 9.17) is 4.74 Å². The lowest BCUT2D eigenvalue weighted by molar-refractivity contribution is -0.148. The zero-order valence-electron chi connectivity index (χ0n) is 10.6. The third kappa shape index (κ3) is 2.86. The van der Waals surface area contributed by atoms with Gasteiger partial charge in [0.25, 0.3) is 0 Å². The lowest BCUT2D eigenvalue weighted by Gasteiger charge is -2.45. The second-order valence-corrected chi connectivity index (χ2v) is 6.04. The molecule has 0 aromatic heterocycles. The predicted molar refractivity (Wildman–Crippen MR) is 66.3 cm³/mol. The smallest absolute Gasteiger partial charge is 0.411 e. The van der Waals surface area contributed by atoms with Crippen LogP contribution in [0.25, 0.3) is 0 Å². The Balaban J connectivity index is 2.84. The maximum Gasteiger partial charge on any atom is 0.411 e. The first kappa shape index (κ1) is 14.2. The fourth-order valence-corrected chi connectivity index (χ4v) is 2.76. The van der Waals surface area contributed by atoms with Gasteiger partial charge in [0.15, 0.2) is 5.54 Å². The molecule has 0 bridgehead atoms. The van der Waals surface area contributed by atoms with Crippen LogP contribution >= 0.6 is 11.8 Å². The summed E-state index contributed by atoms with van der Waals surface area (Å²) in [5.74, 6) is -0.103. The lowest BCUT2D eigenvalue weighted by Crippen LogP contribution is -2.65. The van der Waals surface area contributed by atoms with Gasteiger partial charge >= 0.3 is 12.1 Å². The van der Waals surface area contributed by atoms with Gasteiger partial charge in [-0.25, -0.2) is 9.59 Å². The summed E-state index contributed by atoms with van der Waals surface area (Å²) in [5.41, 5.74) is -1.69. The molecule has 0 aromatic rings. The average Bonchev–Trinajstić information content (AvgIpc) is 2.06. The van der Waals surface area contributed by atoms with E-state index in [1.165, 1.54) is 16.7 Å². The van der Waals surface area contributed by atoms with E-state index in [1.54, 1.807) is 27.7 Å².